The van der Waals surface area contributed by atoms with Crippen LogP contribution in [0.15, 0.2) is 35.7 Å². The van der Waals surface area contributed by atoms with E-state index in [0.29, 0.717) is 0 Å². The maximum atomic E-state index is 12.8. The molecule has 0 atom stereocenters. The average Bonchev–Trinajstić information content (AvgIpc) is 2.17. The zero-order valence-corrected chi connectivity index (χ0v) is 10.2. The Morgan fingerprint density at radius 2 is 1.88 bits per heavy atom. The minimum atomic E-state index is -0.761. The number of aliphatic hydroxyl groups is 1. The molecule has 0 amide bonds. The molecule has 0 heterocycles. The quantitative estimate of drug-likeness (QED) is 0.717. The lowest BCUT2D eigenvalue weighted by atomic mass is 9.76. The van der Waals surface area contributed by atoms with Gasteiger partial charge in [0.2, 0.25) is 0 Å². The third kappa shape index (κ3) is 3.05. The molecule has 0 unspecified atom stereocenters. The van der Waals surface area contributed by atoms with Gasteiger partial charge in [-0.05, 0) is 43.9 Å². The van der Waals surface area contributed by atoms with Crippen LogP contribution in [0.2, 0.25) is 0 Å². The summed E-state index contributed by atoms with van der Waals surface area (Å²) in [5.41, 5.74) is 0.869. The van der Waals surface area contributed by atoms with Crippen LogP contribution in [0.4, 0.5) is 4.39 Å². The topological polar surface area (TPSA) is 20.2 Å². The van der Waals surface area contributed by atoms with Gasteiger partial charge in [0.25, 0.3) is 0 Å². The Hall–Kier alpha value is -0.890. The summed E-state index contributed by atoms with van der Waals surface area (Å²) < 4.78 is 12.8. The molecule has 1 nitrogen and oxygen atoms in total. The summed E-state index contributed by atoms with van der Waals surface area (Å²) in [7, 11) is 0. The van der Waals surface area contributed by atoms with Gasteiger partial charge < -0.3 is 5.11 Å². The monoisotopic (exact) mass is 224 g/mol. The first-order valence-electron chi connectivity index (χ1n) is 5.92. The minimum absolute atomic E-state index is 0.462. The number of hydrogen-bond acceptors (Lipinski definition) is 1. The molecule has 90 valence electrons. The van der Waals surface area contributed by atoms with Crippen molar-refractivity contribution in [2.45, 2.75) is 51.6 Å². The van der Waals surface area contributed by atoms with Crippen molar-refractivity contribution >= 4 is 0 Å². The van der Waals surface area contributed by atoms with Crippen LogP contribution in [0, 0.1) is 0 Å². The van der Waals surface area contributed by atoms with Gasteiger partial charge in [0.15, 0.2) is 0 Å². The van der Waals surface area contributed by atoms with Crippen LogP contribution in [0.1, 0.15) is 46.0 Å². The van der Waals surface area contributed by atoms with Gasteiger partial charge in [0.1, 0.15) is 5.83 Å². The van der Waals surface area contributed by atoms with Gasteiger partial charge in [-0.25, -0.2) is 4.39 Å². The fraction of sp³-hybridized carbons (Fsp3) is 0.571. The average molecular weight is 224 g/mol. The van der Waals surface area contributed by atoms with E-state index >= 15 is 0 Å². The summed E-state index contributed by atoms with van der Waals surface area (Å²) in [6.07, 6.45) is 8.09. The highest BCUT2D eigenvalue weighted by Gasteiger charge is 2.33. The molecule has 0 radical (unpaired) electrons. The summed E-state index contributed by atoms with van der Waals surface area (Å²) in [5.74, 6) is -0.462. The Morgan fingerprint density at radius 1 is 1.31 bits per heavy atom. The molecule has 2 heteroatoms. The molecule has 0 aromatic carbocycles. The molecule has 0 aromatic rings. The summed E-state index contributed by atoms with van der Waals surface area (Å²) in [6.45, 7) is 6.94. The van der Waals surface area contributed by atoms with Crippen molar-refractivity contribution in [3.8, 4) is 0 Å². The van der Waals surface area contributed by atoms with Gasteiger partial charge >= 0.3 is 0 Å². The highest BCUT2D eigenvalue weighted by Crippen LogP contribution is 2.37. The molecule has 0 bridgehead atoms. The van der Waals surface area contributed by atoms with Crippen LogP contribution in [0.25, 0.3) is 0 Å². The highest BCUT2D eigenvalue weighted by molar-refractivity contribution is 5.39. The molecular formula is C14H21FO. The Kier molecular flexibility index (Phi) is 4.48. The van der Waals surface area contributed by atoms with E-state index in [-0.39, 0.29) is 0 Å². The second-order valence-electron chi connectivity index (χ2n) is 4.57. The lowest BCUT2D eigenvalue weighted by molar-refractivity contribution is 0.0415. The smallest absolute Gasteiger partial charge is 0.116 e. The van der Waals surface area contributed by atoms with Gasteiger partial charge in [-0.15, -0.1) is 0 Å². The van der Waals surface area contributed by atoms with E-state index in [9.17, 15) is 9.50 Å². The Labute approximate surface area is 97.4 Å². The lowest BCUT2D eigenvalue weighted by Crippen LogP contribution is -2.34. The Balaban J connectivity index is 2.93. The molecule has 1 rings (SSSR count). The molecule has 0 saturated heterocycles. The number of hydrogen-bond donors (Lipinski definition) is 1. The van der Waals surface area contributed by atoms with E-state index in [1.165, 1.54) is 12.5 Å². The van der Waals surface area contributed by atoms with E-state index in [0.717, 1.165) is 36.8 Å². The van der Waals surface area contributed by atoms with Crippen molar-refractivity contribution in [3.05, 3.63) is 35.7 Å². The van der Waals surface area contributed by atoms with Gasteiger partial charge in [0.05, 0.1) is 5.60 Å². The fourth-order valence-electron chi connectivity index (χ4n) is 2.58. The van der Waals surface area contributed by atoms with E-state index in [2.05, 4.69) is 6.58 Å². The molecule has 1 N–H and O–H groups in total. The van der Waals surface area contributed by atoms with Crippen LogP contribution in [-0.2, 0) is 0 Å². The van der Waals surface area contributed by atoms with E-state index in [4.69, 9.17) is 0 Å². The van der Waals surface area contributed by atoms with Crippen molar-refractivity contribution in [3.63, 3.8) is 0 Å². The van der Waals surface area contributed by atoms with Gasteiger partial charge in [-0.2, -0.15) is 0 Å². The van der Waals surface area contributed by atoms with Crippen LogP contribution >= 0.6 is 0 Å². The van der Waals surface area contributed by atoms with Crippen LogP contribution in [0.5, 0.6) is 0 Å². The predicted octanol–water partition coefficient (Wildman–Crippen LogP) is 4.06. The lowest BCUT2D eigenvalue weighted by Gasteiger charge is -2.35. The van der Waals surface area contributed by atoms with Crippen LogP contribution < -0.4 is 0 Å². The van der Waals surface area contributed by atoms with Crippen molar-refractivity contribution in [2.75, 3.05) is 0 Å². The fourth-order valence-corrected chi connectivity index (χ4v) is 2.58. The standard InChI is InChI=1S/C14H21FO/c1-4-13(11(2)10-12(3)15)14(16)8-6-5-7-9-14/h4,10,16H,3,5-9H2,1-2H3/b11-10-,13-4+. The van der Waals surface area contributed by atoms with Gasteiger partial charge in [-0.1, -0.05) is 31.9 Å². The summed E-state index contributed by atoms with van der Waals surface area (Å²) in [5, 5.41) is 10.6. The zero-order chi connectivity index (χ0) is 12.2. The molecule has 16 heavy (non-hydrogen) atoms. The summed E-state index contributed by atoms with van der Waals surface area (Å²) >= 11 is 0. The maximum Gasteiger partial charge on any atom is 0.116 e. The second kappa shape index (κ2) is 5.44. The van der Waals surface area contributed by atoms with Crippen molar-refractivity contribution in [1.82, 2.24) is 0 Å². The first-order valence-corrected chi connectivity index (χ1v) is 5.92. The van der Waals surface area contributed by atoms with Crippen molar-refractivity contribution in [1.29, 1.82) is 0 Å². The number of halogens is 1. The first kappa shape index (κ1) is 13.2. The first-order chi connectivity index (χ1) is 7.49. The van der Waals surface area contributed by atoms with E-state index < -0.39 is 11.4 Å². The molecule has 1 aliphatic rings. The zero-order valence-electron chi connectivity index (χ0n) is 10.2. The molecule has 0 spiro atoms. The SMILES string of the molecule is C=C(F)/C=C(C)\C(=C/C)C1(O)CCCCC1. The van der Waals surface area contributed by atoms with Crippen molar-refractivity contribution < 1.29 is 9.50 Å². The molecule has 1 saturated carbocycles. The summed E-state index contributed by atoms with van der Waals surface area (Å²) in [4.78, 5) is 0. The third-order valence-electron chi connectivity index (χ3n) is 3.27. The molecular weight excluding hydrogens is 203 g/mol. The van der Waals surface area contributed by atoms with Crippen LogP contribution in [-0.4, -0.2) is 10.7 Å². The Morgan fingerprint density at radius 3 is 2.31 bits per heavy atom. The largest absolute Gasteiger partial charge is 0.385 e. The summed E-state index contributed by atoms with van der Waals surface area (Å²) in [6, 6.07) is 0. The van der Waals surface area contributed by atoms with Crippen molar-refractivity contribution in [2.24, 2.45) is 0 Å². The maximum absolute atomic E-state index is 12.8. The Bertz CT molecular complexity index is 320. The highest BCUT2D eigenvalue weighted by atomic mass is 19.1. The molecule has 1 fully saturated rings. The van der Waals surface area contributed by atoms with Crippen LogP contribution in [0.3, 0.4) is 0 Å². The van der Waals surface area contributed by atoms with Gasteiger partial charge in [0, 0.05) is 0 Å². The molecule has 1 aliphatic carbocycles. The minimum Gasteiger partial charge on any atom is -0.385 e. The third-order valence-corrected chi connectivity index (χ3v) is 3.27. The number of rotatable bonds is 3. The van der Waals surface area contributed by atoms with Gasteiger partial charge in [-0.3, -0.25) is 0 Å². The second-order valence-corrected chi connectivity index (χ2v) is 4.57. The molecule has 0 aliphatic heterocycles. The molecule has 0 aromatic heterocycles. The van der Waals surface area contributed by atoms with E-state index in [1.54, 1.807) is 0 Å². The normalized spacial score (nSPS) is 22.0. The number of allylic oxidation sites excluding steroid dienone is 3. The van der Waals surface area contributed by atoms with E-state index in [1.807, 2.05) is 19.9 Å². The predicted molar refractivity (Wildman–Crippen MR) is 65.8 cm³/mol.